The molecule has 1 amide bonds. The Morgan fingerprint density at radius 1 is 1.37 bits per heavy atom. The van der Waals surface area contributed by atoms with Gasteiger partial charge in [-0.05, 0) is 12.8 Å². The number of likely N-dealkylation sites (tertiary alicyclic amines) is 1. The molecule has 0 aliphatic carbocycles. The molecule has 27 heavy (non-hydrogen) atoms. The molecule has 0 radical (unpaired) electrons. The van der Waals surface area contributed by atoms with Crippen LogP contribution in [0.1, 0.15) is 53.6 Å². The van der Waals surface area contributed by atoms with Crippen LogP contribution >= 0.6 is 0 Å². The largest absolute Gasteiger partial charge is 0.361 e. The first-order valence-corrected chi connectivity index (χ1v) is 9.24. The molecule has 9 heteroatoms. The van der Waals surface area contributed by atoms with Gasteiger partial charge in [0.2, 0.25) is 0 Å². The molecule has 1 aliphatic rings. The van der Waals surface area contributed by atoms with Crippen LogP contribution in [0, 0.1) is 0 Å². The zero-order valence-corrected chi connectivity index (χ0v) is 15.6. The Balaban J connectivity index is 1.48. The van der Waals surface area contributed by atoms with Crippen molar-refractivity contribution in [3.05, 3.63) is 47.9 Å². The molecule has 0 N–H and O–H groups in total. The van der Waals surface area contributed by atoms with Crippen LogP contribution in [0.2, 0.25) is 0 Å². The van der Waals surface area contributed by atoms with Gasteiger partial charge < -0.3 is 18.6 Å². The number of carbonyl (C=O) groups is 1. The predicted molar refractivity (Wildman–Crippen MR) is 96.1 cm³/mol. The molecule has 4 heterocycles. The lowest BCUT2D eigenvalue weighted by Gasteiger charge is -2.31. The van der Waals surface area contributed by atoms with Crippen LogP contribution in [-0.4, -0.2) is 53.4 Å². The molecule has 1 fully saturated rings. The van der Waals surface area contributed by atoms with Crippen molar-refractivity contribution < 1.29 is 9.32 Å². The van der Waals surface area contributed by atoms with E-state index in [4.69, 9.17) is 4.52 Å². The minimum atomic E-state index is -0.0797. The van der Waals surface area contributed by atoms with Crippen LogP contribution in [0.4, 0.5) is 0 Å². The van der Waals surface area contributed by atoms with Crippen molar-refractivity contribution in [2.45, 2.75) is 38.6 Å². The number of aromatic nitrogens is 6. The summed E-state index contributed by atoms with van der Waals surface area (Å²) in [7, 11) is 1.98. The smallest absolute Gasteiger partial charge is 0.276 e. The lowest BCUT2D eigenvalue weighted by Crippen LogP contribution is -2.39. The first-order valence-electron chi connectivity index (χ1n) is 9.24. The monoisotopic (exact) mass is 369 g/mol. The molecule has 0 spiro atoms. The maximum absolute atomic E-state index is 12.8. The van der Waals surface area contributed by atoms with Gasteiger partial charge in [0.25, 0.3) is 5.91 Å². The summed E-state index contributed by atoms with van der Waals surface area (Å²) in [6.45, 7) is 3.94. The third-order valence-electron chi connectivity index (χ3n) is 5.08. The average Bonchev–Trinajstić information content (AvgIpc) is 3.44. The summed E-state index contributed by atoms with van der Waals surface area (Å²) in [4.78, 5) is 18.7. The van der Waals surface area contributed by atoms with Gasteiger partial charge in [0.05, 0.1) is 12.9 Å². The summed E-state index contributed by atoms with van der Waals surface area (Å²) in [6, 6.07) is 1.73. The number of aryl methyl sites for hydroxylation is 1. The van der Waals surface area contributed by atoms with Crippen molar-refractivity contribution in [2.24, 2.45) is 7.05 Å². The normalized spacial score (nSPS) is 17.4. The lowest BCUT2D eigenvalue weighted by atomic mass is 9.97. The van der Waals surface area contributed by atoms with E-state index in [1.807, 2.05) is 34.2 Å². The Bertz CT molecular complexity index is 912. The number of hydrogen-bond donors (Lipinski definition) is 0. The molecule has 142 valence electrons. The number of piperidine rings is 1. The molecule has 0 aromatic carbocycles. The zero-order valence-electron chi connectivity index (χ0n) is 15.6. The van der Waals surface area contributed by atoms with Crippen LogP contribution in [0.5, 0.6) is 0 Å². The van der Waals surface area contributed by atoms with Gasteiger partial charge in [-0.2, -0.15) is 0 Å². The third-order valence-corrected chi connectivity index (χ3v) is 5.08. The van der Waals surface area contributed by atoms with Gasteiger partial charge in [0.15, 0.2) is 11.5 Å². The van der Waals surface area contributed by atoms with Gasteiger partial charge in [-0.25, -0.2) is 4.98 Å². The Morgan fingerprint density at radius 3 is 3.00 bits per heavy atom. The molecule has 1 unspecified atom stereocenters. The van der Waals surface area contributed by atoms with Gasteiger partial charge >= 0.3 is 0 Å². The molecule has 4 rings (SSSR count). The average molecular weight is 369 g/mol. The molecule has 1 atom stereocenters. The van der Waals surface area contributed by atoms with Crippen LogP contribution in [-0.2, 0) is 20.0 Å². The van der Waals surface area contributed by atoms with E-state index in [9.17, 15) is 4.79 Å². The van der Waals surface area contributed by atoms with E-state index in [1.165, 1.54) is 0 Å². The maximum Gasteiger partial charge on any atom is 0.276 e. The highest BCUT2D eigenvalue weighted by atomic mass is 16.5. The van der Waals surface area contributed by atoms with Gasteiger partial charge in [-0.1, -0.05) is 12.1 Å². The molecule has 1 saturated heterocycles. The van der Waals surface area contributed by atoms with Crippen LogP contribution in [0.15, 0.2) is 29.3 Å². The number of imidazole rings is 1. The van der Waals surface area contributed by atoms with Gasteiger partial charge in [-0.3, -0.25) is 4.79 Å². The molecular weight excluding hydrogens is 346 g/mol. The number of nitrogens with zero attached hydrogens (tertiary/aromatic N) is 7. The highest BCUT2D eigenvalue weighted by molar-refractivity contribution is 5.92. The van der Waals surface area contributed by atoms with E-state index in [1.54, 1.807) is 18.6 Å². The van der Waals surface area contributed by atoms with Gasteiger partial charge in [0.1, 0.15) is 11.6 Å². The van der Waals surface area contributed by atoms with Gasteiger partial charge in [0, 0.05) is 50.9 Å². The highest BCUT2D eigenvalue weighted by Crippen LogP contribution is 2.27. The van der Waals surface area contributed by atoms with Crippen molar-refractivity contribution in [3.8, 4) is 0 Å². The predicted octanol–water partition coefficient (Wildman–Crippen LogP) is 1.63. The molecule has 3 aromatic heterocycles. The minimum Gasteiger partial charge on any atom is -0.361 e. The molecular formula is C18H23N7O2. The fourth-order valence-electron chi connectivity index (χ4n) is 3.53. The summed E-state index contributed by atoms with van der Waals surface area (Å²) in [5.74, 6) is 2.59. The van der Waals surface area contributed by atoms with Crippen molar-refractivity contribution in [3.63, 3.8) is 0 Å². The first kappa shape index (κ1) is 17.4. The molecule has 1 aliphatic heterocycles. The Hall–Kier alpha value is -2.97. The van der Waals surface area contributed by atoms with E-state index in [0.29, 0.717) is 18.8 Å². The lowest BCUT2D eigenvalue weighted by molar-refractivity contribution is 0.0693. The number of carbonyl (C=O) groups excluding carboxylic acids is 1. The number of amides is 1. The summed E-state index contributed by atoms with van der Waals surface area (Å²) in [5, 5.41) is 12.7. The number of hydrogen-bond acceptors (Lipinski definition) is 6. The Kier molecular flexibility index (Phi) is 4.74. The third kappa shape index (κ3) is 3.49. The second kappa shape index (κ2) is 7.34. The zero-order chi connectivity index (χ0) is 18.8. The van der Waals surface area contributed by atoms with Crippen molar-refractivity contribution >= 4 is 5.91 Å². The Morgan fingerprint density at radius 2 is 2.26 bits per heavy atom. The van der Waals surface area contributed by atoms with Crippen LogP contribution in [0.3, 0.4) is 0 Å². The quantitative estimate of drug-likeness (QED) is 0.678. The summed E-state index contributed by atoms with van der Waals surface area (Å²) in [6.07, 6.45) is 8.05. The van der Waals surface area contributed by atoms with Crippen molar-refractivity contribution in [1.82, 2.24) is 34.4 Å². The minimum absolute atomic E-state index is 0.0797. The number of rotatable bonds is 5. The van der Waals surface area contributed by atoms with E-state index >= 15 is 0 Å². The summed E-state index contributed by atoms with van der Waals surface area (Å²) >= 11 is 0. The van der Waals surface area contributed by atoms with Crippen molar-refractivity contribution in [2.75, 3.05) is 13.1 Å². The second-order valence-electron chi connectivity index (χ2n) is 6.89. The van der Waals surface area contributed by atoms with Crippen LogP contribution < -0.4 is 0 Å². The van der Waals surface area contributed by atoms with E-state index in [0.717, 1.165) is 43.2 Å². The topological polar surface area (TPSA) is 94.9 Å². The highest BCUT2D eigenvalue weighted by Gasteiger charge is 2.30. The maximum atomic E-state index is 12.8. The van der Waals surface area contributed by atoms with Gasteiger partial charge in [-0.15, -0.1) is 10.2 Å². The van der Waals surface area contributed by atoms with E-state index in [-0.39, 0.29) is 11.8 Å². The summed E-state index contributed by atoms with van der Waals surface area (Å²) < 4.78 is 9.17. The first-order chi connectivity index (χ1) is 13.2. The molecule has 9 nitrogen and oxygen atoms in total. The van der Waals surface area contributed by atoms with E-state index < -0.39 is 0 Å². The van der Waals surface area contributed by atoms with E-state index in [2.05, 4.69) is 20.3 Å². The molecule has 0 bridgehead atoms. The Labute approximate surface area is 157 Å². The fourth-order valence-corrected chi connectivity index (χ4v) is 3.53. The van der Waals surface area contributed by atoms with Crippen LogP contribution in [0.25, 0.3) is 0 Å². The second-order valence-corrected chi connectivity index (χ2v) is 6.89. The molecule has 0 saturated carbocycles. The molecule has 3 aromatic rings. The fraction of sp³-hybridized carbons (Fsp3) is 0.500. The summed E-state index contributed by atoms with van der Waals surface area (Å²) in [5.41, 5.74) is 0.381. The van der Waals surface area contributed by atoms with Crippen molar-refractivity contribution in [1.29, 1.82) is 0 Å². The SMILES string of the molecule is CCc1cc(C(=O)N2CCCC(c3nnc(Cn4ccnc4)n3C)C2)no1. The standard InChI is InChI=1S/C18H23N7O2/c1-3-14-9-15(22-27-14)18(26)25-7-4-5-13(10-25)17-21-20-16(23(17)2)11-24-8-6-19-12-24/h6,8-9,12-13H,3-5,7,10-11H2,1-2H3.